The van der Waals surface area contributed by atoms with E-state index in [9.17, 15) is 9.59 Å². The third-order valence-corrected chi connectivity index (χ3v) is 6.42. The minimum atomic E-state index is -0.478. The molecule has 1 fully saturated rings. The van der Waals surface area contributed by atoms with Crippen molar-refractivity contribution < 1.29 is 14.3 Å². The normalized spacial score (nSPS) is 13.2. The molecule has 2 aromatic carbocycles. The topological polar surface area (TPSA) is 104 Å². The molecule has 38 heavy (non-hydrogen) atoms. The lowest BCUT2D eigenvalue weighted by atomic mass is 10.1. The van der Waals surface area contributed by atoms with Gasteiger partial charge < -0.3 is 14.5 Å². The molecule has 190 valence electrons. The maximum atomic E-state index is 12.9. The molecular weight excluding hydrogens is 480 g/mol. The van der Waals surface area contributed by atoms with Crippen LogP contribution < -0.4 is 4.90 Å². The molecule has 0 saturated carbocycles. The van der Waals surface area contributed by atoms with Gasteiger partial charge in [0.2, 0.25) is 0 Å². The molecule has 0 spiro atoms. The Morgan fingerprint density at radius 3 is 2.34 bits per heavy atom. The van der Waals surface area contributed by atoms with E-state index < -0.39 is 5.97 Å². The summed E-state index contributed by atoms with van der Waals surface area (Å²) < 4.78 is 6.80. The van der Waals surface area contributed by atoms with Crippen molar-refractivity contribution in [3.63, 3.8) is 0 Å². The molecule has 1 aliphatic rings. The largest absolute Gasteiger partial charge is 0.461 e. The average molecular weight is 507 g/mol. The number of amides is 1. The summed E-state index contributed by atoms with van der Waals surface area (Å²) in [4.78, 5) is 33.7. The Labute approximate surface area is 220 Å². The van der Waals surface area contributed by atoms with Crippen molar-refractivity contribution in [2.24, 2.45) is 0 Å². The molecule has 9 heteroatoms. The van der Waals surface area contributed by atoms with Crippen molar-refractivity contribution in [1.29, 1.82) is 5.26 Å². The smallest absolute Gasteiger partial charge is 0.358 e. The molecule has 0 unspecified atom stereocenters. The van der Waals surface area contributed by atoms with Gasteiger partial charge in [0.25, 0.3) is 5.91 Å². The molecule has 1 aliphatic heterocycles. The van der Waals surface area contributed by atoms with Gasteiger partial charge in [0.1, 0.15) is 0 Å². The maximum absolute atomic E-state index is 12.9. The fourth-order valence-corrected chi connectivity index (χ4v) is 4.43. The number of hydrogen-bond acceptors (Lipinski definition) is 7. The summed E-state index contributed by atoms with van der Waals surface area (Å²) in [5.74, 6) is 0.100. The Hall–Kier alpha value is -4.97. The van der Waals surface area contributed by atoms with E-state index >= 15 is 0 Å². The van der Waals surface area contributed by atoms with Gasteiger partial charge in [-0.25, -0.2) is 14.5 Å². The summed E-state index contributed by atoms with van der Waals surface area (Å²) in [5.41, 5.74) is 4.02. The van der Waals surface area contributed by atoms with Crippen molar-refractivity contribution in [2.75, 3.05) is 37.7 Å². The molecule has 5 rings (SSSR count). The second-order valence-corrected chi connectivity index (χ2v) is 8.75. The quantitative estimate of drug-likeness (QED) is 0.365. The first kappa shape index (κ1) is 24.7. The summed E-state index contributed by atoms with van der Waals surface area (Å²) in [6, 6.07) is 24.1. The van der Waals surface area contributed by atoms with E-state index in [0.29, 0.717) is 43.1 Å². The van der Waals surface area contributed by atoms with Gasteiger partial charge in [-0.15, -0.1) is 0 Å². The molecule has 0 radical (unpaired) electrons. The van der Waals surface area contributed by atoms with E-state index in [0.717, 1.165) is 16.9 Å². The Morgan fingerprint density at radius 1 is 0.974 bits per heavy atom. The Balaban J connectivity index is 1.31. The fourth-order valence-electron chi connectivity index (χ4n) is 4.43. The number of benzene rings is 2. The van der Waals surface area contributed by atoms with Crippen molar-refractivity contribution in [1.82, 2.24) is 19.7 Å². The second-order valence-electron chi connectivity index (χ2n) is 8.75. The first-order chi connectivity index (χ1) is 18.6. The number of esters is 1. The molecule has 3 heterocycles. The number of aromatic nitrogens is 3. The maximum Gasteiger partial charge on any atom is 0.358 e. The van der Waals surface area contributed by atoms with E-state index in [2.05, 4.69) is 21.1 Å². The Morgan fingerprint density at radius 2 is 1.71 bits per heavy atom. The van der Waals surface area contributed by atoms with E-state index in [1.54, 1.807) is 48.1 Å². The number of nitriles is 1. The summed E-state index contributed by atoms with van der Waals surface area (Å²) in [6.07, 6.45) is 1.68. The zero-order chi connectivity index (χ0) is 26.5. The highest BCUT2D eigenvalue weighted by Crippen LogP contribution is 2.27. The monoisotopic (exact) mass is 506 g/mol. The molecule has 9 nitrogen and oxygen atoms in total. The number of pyridine rings is 1. The van der Waals surface area contributed by atoms with Crippen LogP contribution in [0.3, 0.4) is 0 Å². The van der Waals surface area contributed by atoms with E-state index in [-0.39, 0.29) is 18.2 Å². The lowest BCUT2D eigenvalue weighted by Gasteiger charge is -2.36. The number of rotatable bonds is 6. The Bertz CT molecular complexity index is 1470. The Kier molecular flexibility index (Phi) is 7.13. The molecule has 0 atom stereocenters. The third-order valence-electron chi connectivity index (χ3n) is 6.42. The number of carbonyl (C=O) groups excluding carboxylic acids is 2. The van der Waals surface area contributed by atoms with Crippen molar-refractivity contribution in [3.8, 4) is 23.1 Å². The van der Waals surface area contributed by atoms with Crippen LogP contribution in [0.1, 0.15) is 33.3 Å². The van der Waals surface area contributed by atoms with Gasteiger partial charge in [-0.1, -0.05) is 18.2 Å². The van der Waals surface area contributed by atoms with Crippen molar-refractivity contribution >= 4 is 17.6 Å². The van der Waals surface area contributed by atoms with Gasteiger partial charge in [-0.3, -0.25) is 4.79 Å². The number of ether oxygens (including phenoxy) is 1. The van der Waals surface area contributed by atoms with Crippen LogP contribution in [0.15, 0.2) is 79.0 Å². The highest BCUT2D eigenvalue weighted by molar-refractivity contribution is 5.94. The first-order valence-corrected chi connectivity index (χ1v) is 12.4. The standard InChI is InChI=1S/C29H26N6O3/c1-2-38-29(37)25-19-26(35(32-25)27-5-3-4-14-31-27)22-10-12-24(13-11-22)33-15-17-34(18-16-33)28(36)23-8-6-21(20-30)7-9-23/h3-14,19H,2,15-18H2,1H3. The average Bonchev–Trinajstić information content (AvgIpc) is 3.43. The highest BCUT2D eigenvalue weighted by Gasteiger charge is 2.23. The number of anilines is 1. The van der Waals surface area contributed by atoms with Gasteiger partial charge in [-0.05, 0) is 61.5 Å². The SMILES string of the molecule is CCOC(=O)c1cc(-c2ccc(N3CCN(C(=O)c4ccc(C#N)cc4)CC3)cc2)n(-c2ccccn2)n1. The van der Waals surface area contributed by atoms with Gasteiger partial charge in [0, 0.05) is 49.2 Å². The molecule has 0 aliphatic carbocycles. The number of piperazine rings is 1. The van der Waals surface area contributed by atoms with Gasteiger partial charge in [-0.2, -0.15) is 10.4 Å². The molecule has 1 amide bonds. The second kappa shape index (κ2) is 11.0. The summed E-state index contributed by atoms with van der Waals surface area (Å²) in [6.45, 7) is 4.66. The van der Waals surface area contributed by atoms with Gasteiger partial charge in [0.15, 0.2) is 11.5 Å². The molecule has 2 aromatic heterocycles. The van der Waals surface area contributed by atoms with E-state index in [1.807, 2.05) is 47.4 Å². The molecule has 0 bridgehead atoms. The van der Waals surface area contributed by atoms with Crippen molar-refractivity contribution in [3.05, 3.63) is 95.8 Å². The molecular formula is C29H26N6O3. The zero-order valence-electron chi connectivity index (χ0n) is 20.9. The predicted molar refractivity (Wildman–Crippen MR) is 142 cm³/mol. The number of nitrogens with zero attached hydrogens (tertiary/aromatic N) is 6. The molecule has 4 aromatic rings. The van der Waals surface area contributed by atoms with Crippen molar-refractivity contribution in [2.45, 2.75) is 6.92 Å². The lowest BCUT2D eigenvalue weighted by Crippen LogP contribution is -2.48. The number of hydrogen-bond donors (Lipinski definition) is 0. The summed E-state index contributed by atoms with van der Waals surface area (Å²) in [7, 11) is 0. The third kappa shape index (κ3) is 5.11. The zero-order valence-corrected chi connectivity index (χ0v) is 20.9. The van der Waals surface area contributed by atoms with Crippen LogP contribution in [-0.4, -0.2) is 64.3 Å². The van der Waals surface area contributed by atoms with Crippen LogP contribution in [0.2, 0.25) is 0 Å². The lowest BCUT2D eigenvalue weighted by molar-refractivity contribution is 0.0518. The number of carbonyl (C=O) groups is 2. The highest BCUT2D eigenvalue weighted by atomic mass is 16.5. The van der Waals surface area contributed by atoms with Crippen LogP contribution in [0.4, 0.5) is 5.69 Å². The van der Waals surface area contributed by atoms with Crippen LogP contribution in [0.25, 0.3) is 17.1 Å². The van der Waals surface area contributed by atoms with E-state index in [1.165, 1.54) is 0 Å². The first-order valence-electron chi connectivity index (χ1n) is 12.4. The van der Waals surface area contributed by atoms with Gasteiger partial charge >= 0.3 is 5.97 Å². The van der Waals surface area contributed by atoms with E-state index in [4.69, 9.17) is 10.00 Å². The van der Waals surface area contributed by atoms with Crippen LogP contribution in [-0.2, 0) is 4.74 Å². The van der Waals surface area contributed by atoms with Gasteiger partial charge in [0.05, 0.1) is 23.9 Å². The minimum Gasteiger partial charge on any atom is -0.461 e. The fraction of sp³-hybridized carbons (Fsp3) is 0.207. The minimum absolute atomic E-state index is 0.0234. The predicted octanol–water partition coefficient (Wildman–Crippen LogP) is 3.95. The van der Waals surface area contributed by atoms with Crippen LogP contribution in [0.5, 0.6) is 0 Å². The van der Waals surface area contributed by atoms with Crippen LogP contribution in [0, 0.1) is 11.3 Å². The summed E-state index contributed by atoms with van der Waals surface area (Å²) in [5, 5.41) is 13.4. The summed E-state index contributed by atoms with van der Waals surface area (Å²) >= 11 is 0. The molecule has 0 N–H and O–H groups in total. The molecule has 1 saturated heterocycles. The van der Waals surface area contributed by atoms with Crippen LogP contribution >= 0.6 is 0 Å².